The van der Waals surface area contributed by atoms with Gasteiger partial charge in [0, 0.05) is 19.1 Å². The normalized spacial score (nSPS) is 20.9. The van der Waals surface area contributed by atoms with Crippen molar-refractivity contribution in [3.05, 3.63) is 29.6 Å². The molecule has 1 fully saturated rings. The van der Waals surface area contributed by atoms with E-state index in [1.165, 1.54) is 6.07 Å². The number of nitrogens with zero attached hydrogens (tertiary/aromatic N) is 1. The van der Waals surface area contributed by atoms with Gasteiger partial charge < -0.3 is 10.6 Å². The molecule has 1 heterocycles. The van der Waals surface area contributed by atoms with Crippen molar-refractivity contribution in [2.75, 3.05) is 29.5 Å². The Morgan fingerprint density at radius 1 is 1.32 bits per heavy atom. The molecule has 1 aliphatic heterocycles. The number of benzene rings is 1. The molecule has 0 aromatic heterocycles. The Kier molecular flexibility index (Phi) is 4.10. The molecular formula is C13H19FN2O2S. The zero-order chi connectivity index (χ0) is 14.0. The molecule has 1 aliphatic rings. The molecule has 2 rings (SSSR count). The summed E-state index contributed by atoms with van der Waals surface area (Å²) in [5.74, 6) is -0.0975. The molecule has 0 bridgehead atoms. The first kappa shape index (κ1) is 14.3. The Hall–Kier alpha value is -1.14. The highest BCUT2D eigenvalue weighted by Crippen LogP contribution is 2.29. The second-order valence-electron chi connectivity index (χ2n) is 4.96. The van der Waals surface area contributed by atoms with E-state index in [4.69, 9.17) is 5.73 Å². The molecule has 6 heteroatoms. The number of hydrogen-bond acceptors (Lipinski definition) is 4. The minimum atomic E-state index is -3.00. The predicted molar refractivity (Wildman–Crippen MR) is 74.5 cm³/mol. The Morgan fingerprint density at radius 2 is 2.05 bits per heavy atom. The summed E-state index contributed by atoms with van der Waals surface area (Å²) in [6.45, 7) is 2.66. The van der Waals surface area contributed by atoms with Gasteiger partial charge in [-0.3, -0.25) is 0 Å². The van der Waals surface area contributed by atoms with Crippen molar-refractivity contribution >= 4 is 15.5 Å². The van der Waals surface area contributed by atoms with Gasteiger partial charge in [0.05, 0.1) is 17.2 Å². The molecule has 106 valence electrons. The van der Waals surface area contributed by atoms with Crippen molar-refractivity contribution < 1.29 is 12.8 Å². The first-order valence-electron chi connectivity index (χ1n) is 6.40. The van der Waals surface area contributed by atoms with E-state index in [1.54, 1.807) is 24.0 Å². The Balaban J connectivity index is 2.36. The quantitative estimate of drug-likeness (QED) is 0.894. The van der Waals surface area contributed by atoms with Gasteiger partial charge in [0.25, 0.3) is 0 Å². The molecular weight excluding hydrogens is 267 g/mol. The Morgan fingerprint density at radius 3 is 2.74 bits per heavy atom. The van der Waals surface area contributed by atoms with E-state index in [1.807, 2.05) is 0 Å². The molecule has 1 atom stereocenters. The number of rotatable bonds is 2. The second kappa shape index (κ2) is 5.46. The maximum atomic E-state index is 14.1. The summed E-state index contributed by atoms with van der Waals surface area (Å²) >= 11 is 0. The van der Waals surface area contributed by atoms with Gasteiger partial charge >= 0.3 is 0 Å². The van der Waals surface area contributed by atoms with Crippen molar-refractivity contribution in [2.45, 2.75) is 19.4 Å². The average molecular weight is 286 g/mol. The van der Waals surface area contributed by atoms with E-state index >= 15 is 0 Å². The SMILES string of the molecule is CC(N)c1cccc(F)c1N1CCCS(=O)(=O)CC1. The molecule has 19 heavy (non-hydrogen) atoms. The fourth-order valence-electron chi connectivity index (χ4n) is 2.40. The minimum absolute atomic E-state index is 0.0692. The molecule has 1 unspecified atom stereocenters. The van der Waals surface area contributed by atoms with Crippen LogP contribution >= 0.6 is 0 Å². The summed E-state index contributed by atoms with van der Waals surface area (Å²) < 4.78 is 37.3. The van der Waals surface area contributed by atoms with Crippen LogP contribution in [0.25, 0.3) is 0 Å². The highest BCUT2D eigenvalue weighted by molar-refractivity contribution is 7.91. The molecule has 1 aromatic rings. The Bertz CT molecular complexity index is 558. The van der Waals surface area contributed by atoms with Crippen LogP contribution < -0.4 is 10.6 Å². The number of anilines is 1. The van der Waals surface area contributed by atoms with Crippen LogP contribution in [-0.4, -0.2) is 33.0 Å². The van der Waals surface area contributed by atoms with Crippen molar-refractivity contribution in [1.82, 2.24) is 0 Å². The van der Waals surface area contributed by atoms with Gasteiger partial charge in [-0.2, -0.15) is 0 Å². The summed E-state index contributed by atoms with van der Waals surface area (Å²) in [7, 11) is -3.00. The topological polar surface area (TPSA) is 63.4 Å². The van der Waals surface area contributed by atoms with Gasteiger partial charge in [-0.1, -0.05) is 12.1 Å². The smallest absolute Gasteiger partial charge is 0.152 e. The molecule has 4 nitrogen and oxygen atoms in total. The van der Waals surface area contributed by atoms with Gasteiger partial charge in [-0.05, 0) is 25.0 Å². The van der Waals surface area contributed by atoms with Crippen LogP contribution in [0.4, 0.5) is 10.1 Å². The highest BCUT2D eigenvalue weighted by atomic mass is 32.2. The Labute approximate surface area is 113 Å². The first-order valence-corrected chi connectivity index (χ1v) is 8.22. The lowest BCUT2D eigenvalue weighted by Gasteiger charge is -2.26. The number of halogens is 1. The van der Waals surface area contributed by atoms with E-state index in [9.17, 15) is 12.8 Å². The molecule has 1 saturated heterocycles. The van der Waals surface area contributed by atoms with Crippen LogP contribution in [-0.2, 0) is 9.84 Å². The highest BCUT2D eigenvalue weighted by Gasteiger charge is 2.23. The van der Waals surface area contributed by atoms with Gasteiger partial charge in [0.1, 0.15) is 5.82 Å². The van der Waals surface area contributed by atoms with E-state index in [0.717, 1.165) is 5.56 Å². The van der Waals surface area contributed by atoms with E-state index in [2.05, 4.69) is 0 Å². The lowest BCUT2D eigenvalue weighted by molar-refractivity contribution is 0.596. The fraction of sp³-hybridized carbons (Fsp3) is 0.538. The van der Waals surface area contributed by atoms with Gasteiger partial charge in [0.15, 0.2) is 9.84 Å². The van der Waals surface area contributed by atoms with E-state index in [-0.39, 0.29) is 23.4 Å². The third-order valence-electron chi connectivity index (χ3n) is 3.38. The summed E-state index contributed by atoms with van der Waals surface area (Å²) in [5.41, 5.74) is 7.05. The molecule has 0 aliphatic carbocycles. The lowest BCUT2D eigenvalue weighted by atomic mass is 10.1. The summed E-state index contributed by atoms with van der Waals surface area (Å²) in [6.07, 6.45) is 0.523. The van der Waals surface area contributed by atoms with Gasteiger partial charge in [-0.15, -0.1) is 0 Å². The lowest BCUT2D eigenvalue weighted by Crippen LogP contribution is -2.29. The standard InChI is InChI=1S/C13H19FN2O2S/c1-10(15)11-4-2-5-12(14)13(11)16-6-3-8-19(17,18)9-7-16/h2,4-5,10H,3,6-9,15H2,1H3. The van der Waals surface area contributed by atoms with Gasteiger partial charge in [-0.25, -0.2) is 12.8 Å². The molecule has 0 saturated carbocycles. The number of hydrogen-bond donors (Lipinski definition) is 1. The number of para-hydroxylation sites is 1. The van der Waals surface area contributed by atoms with Crippen LogP contribution in [0.1, 0.15) is 24.9 Å². The van der Waals surface area contributed by atoms with Crippen LogP contribution in [0.15, 0.2) is 18.2 Å². The van der Waals surface area contributed by atoms with Crippen LogP contribution in [0.3, 0.4) is 0 Å². The van der Waals surface area contributed by atoms with E-state index in [0.29, 0.717) is 25.2 Å². The summed E-state index contributed by atoms with van der Waals surface area (Å²) in [5, 5.41) is 0. The summed E-state index contributed by atoms with van der Waals surface area (Å²) in [4.78, 5) is 1.80. The van der Waals surface area contributed by atoms with Gasteiger partial charge in [0.2, 0.25) is 0 Å². The van der Waals surface area contributed by atoms with Crippen molar-refractivity contribution in [3.63, 3.8) is 0 Å². The number of sulfone groups is 1. The second-order valence-corrected chi connectivity index (χ2v) is 7.26. The average Bonchev–Trinajstić information content (AvgIpc) is 2.50. The van der Waals surface area contributed by atoms with Crippen molar-refractivity contribution in [2.24, 2.45) is 5.73 Å². The molecule has 2 N–H and O–H groups in total. The predicted octanol–water partition coefficient (Wildman–Crippen LogP) is 1.47. The van der Waals surface area contributed by atoms with Crippen LogP contribution in [0.2, 0.25) is 0 Å². The van der Waals surface area contributed by atoms with E-state index < -0.39 is 9.84 Å². The number of nitrogens with two attached hydrogens (primary N) is 1. The third kappa shape index (κ3) is 3.25. The summed E-state index contributed by atoms with van der Waals surface area (Å²) in [6, 6.07) is 4.53. The molecule has 0 spiro atoms. The maximum Gasteiger partial charge on any atom is 0.152 e. The monoisotopic (exact) mass is 286 g/mol. The van der Waals surface area contributed by atoms with Crippen molar-refractivity contribution in [3.8, 4) is 0 Å². The molecule has 0 amide bonds. The third-order valence-corrected chi connectivity index (χ3v) is 5.10. The van der Waals surface area contributed by atoms with Crippen LogP contribution in [0, 0.1) is 5.82 Å². The molecule has 0 radical (unpaired) electrons. The zero-order valence-corrected chi connectivity index (χ0v) is 11.8. The van der Waals surface area contributed by atoms with Crippen molar-refractivity contribution in [1.29, 1.82) is 0 Å². The fourth-order valence-corrected chi connectivity index (χ4v) is 3.67. The molecule has 1 aromatic carbocycles. The van der Waals surface area contributed by atoms with Crippen LogP contribution in [0.5, 0.6) is 0 Å². The first-order chi connectivity index (χ1) is 8.91. The largest absolute Gasteiger partial charge is 0.368 e. The maximum absolute atomic E-state index is 14.1. The minimum Gasteiger partial charge on any atom is -0.368 e. The zero-order valence-electron chi connectivity index (χ0n) is 11.0.